The molecule has 2 aliphatic heterocycles. The number of thiophene rings is 1. The van der Waals surface area contributed by atoms with Gasteiger partial charge in [-0.15, -0.1) is 11.3 Å². The number of carbonyl (C=O) groups is 1. The standard InChI is InChI=1S/C16H25N3O2S/c1-18(2)8-6-17-16(20)15-10-13-14(21-15)5-7-19(13)11-12-4-3-9-22-12/h3-4,9,13-15H,5-8,10-11H2,1-2H3,(H,17,20)/t13-,14-,15+/m0/s1. The molecule has 1 aromatic rings. The van der Waals surface area contributed by atoms with Crippen molar-refractivity contribution in [1.29, 1.82) is 0 Å². The van der Waals surface area contributed by atoms with Crippen LogP contribution in [0.4, 0.5) is 0 Å². The lowest BCUT2D eigenvalue weighted by Gasteiger charge is -2.21. The molecule has 0 radical (unpaired) electrons. The number of hydrogen-bond acceptors (Lipinski definition) is 5. The van der Waals surface area contributed by atoms with Crippen LogP contribution < -0.4 is 5.32 Å². The van der Waals surface area contributed by atoms with Crippen LogP contribution in [0.15, 0.2) is 17.5 Å². The first-order valence-corrected chi connectivity index (χ1v) is 8.86. The van der Waals surface area contributed by atoms with Crippen molar-refractivity contribution in [2.75, 3.05) is 33.7 Å². The van der Waals surface area contributed by atoms with E-state index in [0.29, 0.717) is 12.6 Å². The van der Waals surface area contributed by atoms with Crippen LogP contribution in [0.1, 0.15) is 17.7 Å². The molecule has 0 unspecified atom stereocenters. The van der Waals surface area contributed by atoms with Crippen molar-refractivity contribution in [3.05, 3.63) is 22.4 Å². The Labute approximate surface area is 136 Å². The van der Waals surface area contributed by atoms with Gasteiger partial charge in [0.1, 0.15) is 6.10 Å². The molecule has 22 heavy (non-hydrogen) atoms. The molecule has 0 bridgehead atoms. The Balaban J connectivity index is 1.49. The van der Waals surface area contributed by atoms with Gasteiger partial charge in [-0.05, 0) is 32.0 Å². The number of fused-ring (bicyclic) bond motifs is 1. The third kappa shape index (κ3) is 3.68. The van der Waals surface area contributed by atoms with E-state index >= 15 is 0 Å². The average Bonchev–Trinajstić information content (AvgIpc) is 3.17. The average molecular weight is 323 g/mol. The second-order valence-electron chi connectivity index (χ2n) is 6.40. The summed E-state index contributed by atoms with van der Waals surface area (Å²) in [5, 5.41) is 5.10. The fourth-order valence-electron chi connectivity index (χ4n) is 3.32. The third-order valence-electron chi connectivity index (χ3n) is 4.48. The van der Waals surface area contributed by atoms with Crippen molar-refractivity contribution < 1.29 is 9.53 Å². The Morgan fingerprint density at radius 3 is 3.14 bits per heavy atom. The summed E-state index contributed by atoms with van der Waals surface area (Å²) >= 11 is 1.80. The summed E-state index contributed by atoms with van der Waals surface area (Å²) in [6, 6.07) is 4.67. The first-order chi connectivity index (χ1) is 10.6. The minimum atomic E-state index is -0.275. The maximum Gasteiger partial charge on any atom is 0.249 e. The summed E-state index contributed by atoms with van der Waals surface area (Å²) in [7, 11) is 4.01. The largest absolute Gasteiger partial charge is 0.363 e. The van der Waals surface area contributed by atoms with Crippen LogP contribution in [0.3, 0.4) is 0 Å². The van der Waals surface area contributed by atoms with Gasteiger partial charge in [0.05, 0.1) is 6.10 Å². The lowest BCUT2D eigenvalue weighted by Crippen LogP contribution is -2.39. The van der Waals surface area contributed by atoms with Gasteiger partial charge < -0.3 is 15.0 Å². The fraction of sp³-hybridized carbons (Fsp3) is 0.688. The number of likely N-dealkylation sites (tertiary alicyclic amines) is 1. The second kappa shape index (κ2) is 7.08. The minimum absolute atomic E-state index is 0.0484. The van der Waals surface area contributed by atoms with Crippen LogP contribution in [0.2, 0.25) is 0 Å². The maximum atomic E-state index is 12.2. The number of amides is 1. The molecule has 122 valence electrons. The predicted octanol–water partition coefficient (Wildman–Crippen LogP) is 1.16. The number of carbonyl (C=O) groups excluding carboxylic acids is 1. The SMILES string of the molecule is CN(C)CCNC(=O)[C@H]1C[C@H]2[C@H](CCN2Cc2cccs2)O1. The van der Waals surface area contributed by atoms with E-state index in [4.69, 9.17) is 4.74 Å². The molecular formula is C16H25N3O2S. The molecule has 0 saturated carbocycles. The maximum absolute atomic E-state index is 12.2. The van der Waals surface area contributed by atoms with E-state index in [9.17, 15) is 4.79 Å². The number of ether oxygens (including phenoxy) is 1. The van der Waals surface area contributed by atoms with E-state index in [1.165, 1.54) is 4.88 Å². The lowest BCUT2D eigenvalue weighted by molar-refractivity contribution is -0.132. The summed E-state index contributed by atoms with van der Waals surface area (Å²) in [4.78, 5) is 18.1. The molecule has 0 spiro atoms. The predicted molar refractivity (Wildman–Crippen MR) is 88.0 cm³/mol. The summed E-state index contributed by atoms with van der Waals surface area (Å²) in [6.07, 6.45) is 1.81. The van der Waals surface area contributed by atoms with E-state index in [-0.39, 0.29) is 18.1 Å². The quantitative estimate of drug-likeness (QED) is 0.853. The molecule has 6 heteroatoms. The first-order valence-electron chi connectivity index (χ1n) is 7.98. The summed E-state index contributed by atoms with van der Waals surface area (Å²) in [5.41, 5.74) is 0. The van der Waals surface area contributed by atoms with Gasteiger partial charge in [0, 0.05) is 43.5 Å². The molecule has 0 aromatic carbocycles. The highest BCUT2D eigenvalue weighted by Crippen LogP contribution is 2.34. The Morgan fingerprint density at radius 1 is 1.55 bits per heavy atom. The number of likely N-dealkylation sites (N-methyl/N-ethyl adjacent to an activating group) is 1. The Kier molecular flexibility index (Phi) is 5.13. The first kappa shape index (κ1) is 15.9. The van der Waals surface area contributed by atoms with Gasteiger partial charge >= 0.3 is 0 Å². The molecule has 1 N–H and O–H groups in total. The fourth-order valence-corrected chi connectivity index (χ4v) is 4.05. The van der Waals surface area contributed by atoms with Gasteiger partial charge in [-0.1, -0.05) is 6.07 Å². The van der Waals surface area contributed by atoms with Gasteiger partial charge in [-0.3, -0.25) is 9.69 Å². The smallest absolute Gasteiger partial charge is 0.249 e. The van der Waals surface area contributed by atoms with Crippen molar-refractivity contribution in [1.82, 2.24) is 15.1 Å². The Bertz CT molecular complexity index is 492. The Morgan fingerprint density at radius 2 is 2.41 bits per heavy atom. The van der Waals surface area contributed by atoms with Crippen molar-refractivity contribution in [3.63, 3.8) is 0 Å². The third-order valence-corrected chi connectivity index (χ3v) is 5.34. The van der Waals surface area contributed by atoms with Crippen LogP contribution in [-0.2, 0) is 16.1 Å². The second-order valence-corrected chi connectivity index (χ2v) is 7.43. The molecule has 3 rings (SSSR count). The van der Waals surface area contributed by atoms with E-state index in [0.717, 1.165) is 32.5 Å². The number of nitrogens with zero attached hydrogens (tertiary/aromatic N) is 2. The molecule has 1 amide bonds. The molecule has 3 atom stereocenters. The zero-order valence-corrected chi connectivity index (χ0v) is 14.1. The monoisotopic (exact) mass is 323 g/mol. The number of rotatable bonds is 6. The van der Waals surface area contributed by atoms with Crippen LogP contribution in [0, 0.1) is 0 Å². The van der Waals surface area contributed by atoms with Gasteiger partial charge in [-0.2, -0.15) is 0 Å². The van der Waals surface area contributed by atoms with Crippen molar-refractivity contribution in [2.24, 2.45) is 0 Å². The molecule has 3 heterocycles. The molecule has 0 aliphatic carbocycles. The van der Waals surface area contributed by atoms with E-state index < -0.39 is 0 Å². The molecule has 2 saturated heterocycles. The molecule has 5 nitrogen and oxygen atoms in total. The van der Waals surface area contributed by atoms with E-state index in [1.54, 1.807) is 11.3 Å². The highest BCUT2D eigenvalue weighted by molar-refractivity contribution is 7.09. The normalized spacial score (nSPS) is 28.2. The van der Waals surface area contributed by atoms with Gasteiger partial charge in [0.2, 0.25) is 5.91 Å². The van der Waals surface area contributed by atoms with Crippen LogP contribution in [0.5, 0.6) is 0 Å². The molecule has 2 fully saturated rings. The van der Waals surface area contributed by atoms with Crippen LogP contribution >= 0.6 is 11.3 Å². The minimum Gasteiger partial charge on any atom is -0.363 e. The van der Waals surface area contributed by atoms with E-state index in [1.807, 2.05) is 14.1 Å². The molecular weight excluding hydrogens is 298 g/mol. The zero-order chi connectivity index (χ0) is 15.5. The van der Waals surface area contributed by atoms with Gasteiger partial charge in [-0.25, -0.2) is 0 Å². The zero-order valence-electron chi connectivity index (χ0n) is 13.3. The van der Waals surface area contributed by atoms with Crippen LogP contribution in [-0.4, -0.2) is 67.7 Å². The molecule has 1 aromatic heterocycles. The van der Waals surface area contributed by atoms with Gasteiger partial charge in [0.15, 0.2) is 0 Å². The molecule has 2 aliphatic rings. The highest BCUT2D eigenvalue weighted by Gasteiger charge is 2.45. The number of hydrogen-bond donors (Lipinski definition) is 1. The lowest BCUT2D eigenvalue weighted by atomic mass is 10.1. The van der Waals surface area contributed by atoms with Gasteiger partial charge in [0.25, 0.3) is 0 Å². The van der Waals surface area contributed by atoms with Crippen molar-refractivity contribution in [3.8, 4) is 0 Å². The topological polar surface area (TPSA) is 44.8 Å². The summed E-state index contributed by atoms with van der Waals surface area (Å²) < 4.78 is 5.99. The summed E-state index contributed by atoms with van der Waals surface area (Å²) in [6.45, 7) is 3.59. The Hall–Kier alpha value is -0.950. The van der Waals surface area contributed by atoms with Crippen molar-refractivity contribution >= 4 is 17.2 Å². The van der Waals surface area contributed by atoms with Crippen molar-refractivity contribution in [2.45, 2.75) is 37.6 Å². The summed E-state index contributed by atoms with van der Waals surface area (Å²) in [5.74, 6) is 0.0484. The number of nitrogens with one attached hydrogen (secondary N) is 1. The highest BCUT2D eigenvalue weighted by atomic mass is 32.1. The van der Waals surface area contributed by atoms with Crippen LogP contribution in [0.25, 0.3) is 0 Å². The van der Waals surface area contributed by atoms with E-state index in [2.05, 4.69) is 32.6 Å².